The van der Waals surface area contributed by atoms with E-state index in [-0.39, 0.29) is 5.91 Å². The molecule has 0 radical (unpaired) electrons. The topological polar surface area (TPSA) is 44.4 Å². The van der Waals surface area contributed by atoms with E-state index in [0.29, 0.717) is 6.42 Å². The maximum Gasteiger partial charge on any atom is 0.219 e. The molecule has 0 aromatic rings. The molecular weight excluding hydrogens is 214 g/mol. The van der Waals surface area contributed by atoms with Crippen molar-refractivity contribution >= 4 is 5.91 Å². The van der Waals surface area contributed by atoms with Crippen LogP contribution in [0.3, 0.4) is 0 Å². The lowest BCUT2D eigenvalue weighted by molar-refractivity contribution is -0.120. The number of carbonyl (C=O) groups is 1. The molecule has 4 nitrogen and oxygen atoms in total. The summed E-state index contributed by atoms with van der Waals surface area (Å²) in [5.74, 6) is 0.156. The number of nitrogens with one attached hydrogen (secondary N) is 2. The van der Waals surface area contributed by atoms with E-state index in [1.54, 1.807) is 7.05 Å². The molecule has 2 unspecified atom stereocenters. The van der Waals surface area contributed by atoms with Crippen LogP contribution >= 0.6 is 0 Å². The van der Waals surface area contributed by atoms with Crippen LogP contribution in [0.2, 0.25) is 0 Å². The van der Waals surface area contributed by atoms with E-state index in [2.05, 4.69) is 22.6 Å². The van der Waals surface area contributed by atoms with Crippen molar-refractivity contribution in [1.82, 2.24) is 15.5 Å². The highest BCUT2D eigenvalue weighted by Gasteiger charge is 2.34. The Morgan fingerprint density at radius 2 is 2.00 bits per heavy atom. The van der Waals surface area contributed by atoms with Crippen LogP contribution in [0.4, 0.5) is 0 Å². The van der Waals surface area contributed by atoms with Gasteiger partial charge in [-0.25, -0.2) is 0 Å². The first-order valence-electron chi connectivity index (χ1n) is 6.86. The van der Waals surface area contributed by atoms with E-state index in [1.165, 1.54) is 25.7 Å². The van der Waals surface area contributed by atoms with Crippen LogP contribution in [0.25, 0.3) is 0 Å². The SMILES string of the molecule is CNC(=O)CCCN(C)C1CC2CCC(C1)N2. The van der Waals surface area contributed by atoms with E-state index in [4.69, 9.17) is 0 Å². The molecule has 2 bridgehead atoms. The summed E-state index contributed by atoms with van der Waals surface area (Å²) in [6.07, 6.45) is 6.90. The molecule has 2 saturated heterocycles. The van der Waals surface area contributed by atoms with Crippen molar-refractivity contribution in [2.75, 3.05) is 20.6 Å². The second-order valence-electron chi connectivity index (χ2n) is 5.52. The van der Waals surface area contributed by atoms with E-state index < -0.39 is 0 Å². The Morgan fingerprint density at radius 1 is 1.35 bits per heavy atom. The Bertz CT molecular complexity index is 257. The fourth-order valence-corrected chi connectivity index (χ4v) is 3.18. The van der Waals surface area contributed by atoms with Gasteiger partial charge in [0.05, 0.1) is 0 Å². The van der Waals surface area contributed by atoms with Crippen molar-refractivity contribution in [2.45, 2.75) is 56.7 Å². The molecule has 0 saturated carbocycles. The Hall–Kier alpha value is -0.610. The molecule has 0 spiro atoms. The van der Waals surface area contributed by atoms with Crippen molar-refractivity contribution in [3.63, 3.8) is 0 Å². The molecular formula is C13H25N3O. The molecule has 0 aromatic carbocycles. The molecule has 4 heteroatoms. The van der Waals surface area contributed by atoms with Crippen LogP contribution in [0.15, 0.2) is 0 Å². The number of amides is 1. The predicted molar refractivity (Wildman–Crippen MR) is 68.9 cm³/mol. The third-order valence-electron chi connectivity index (χ3n) is 4.27. The second kappa shape index (κ2) is 5.83. The van der Waals surface area contributed by atoms with Crippen LogP contribution in [-0.4, -0.2) is 49.6 Å². The summed E-state index contributed by atoms with van der Waals surface area (Å²) in [6.45, 7) is 1.04. The number of nitrogens with zero attached hydrogens (tertiary/aromatic N) is 1. The summed E-state index contributed by atoms with van der Waals surface area (Å²) < 4.78 is 0. The monoisotopic (exact) mass is 239 g/mol. The van der Waals surface area contributed by atoms with Crippen LogP contribution in [-0.2, 0) is 4.79 Å². The van der Waals surface area contributed by atoms with E-state index in [9.17, 15) is 4.79 Å². The predicted octanol–water partition coefficient (Wildman–Crippen LogP) is 0.727. The summed E-state index contributed by atoms with van der Waals surface area (Å²) in [4.78, 5) is 13.6. The maximum atomic E-state index is 11.1. The average Bonchev–Trinajstić information content (AvgIpc) is 2.67. The van der Waals surface area contributed by atoms with Crippen LogP contribution < -0.4 is 10.6 Å². The highest BCUT2D eigenvalue weighted by Crippen LogP contribution is 2.29. The van der Waals surface area contributed by atoms with E-state index >= 15 is 0 Å². The van der Waals surface area contributed by atoms with Gasteiger partial charge in [-0.2, -0.15) is 0 Å². The number of rotatable bonds is 5. The Morgan fingerprint density at radius 3 is 2.59 bits per heavy atom. The molecule has 0 aliphatic carbocycles. The minimum absolute atomic E-state index is 0.156. The Kier molecular flexibility index (Phi) is 4.40. The van der Waals surface area contributed by atoms with Crippen molar-refractivity contribution in [2.24, 2.45) is 0 Å². The van der Waals surface area contributed by atoms with Crippen LogP contribution in [0.5, 0.6) is 0 Å². The number of fused-ring (bicyclic) bond motifs is 2. The molecule has 2 fully saturated rings. The Labute approximate surface area is 104 Å². The summed E-state index contributed by atoms with van der Waals surface area (Å²) in [6, 6.07) is 2.22. The van der Waals surface area contributed by atoms with Gasteiger partial charge in [0.1, 0.15) is 0 Å². The fourth-order valence-electron chi connectivity index (χ4n) is 3.18. The van der Waals surface area contributed by atoms with Gasteiger partial charge < -0.3 is 15.5 Å². The van der Waals surface area contributed by atoms with Gasteiger partial charge in [0, 0.05) is 31.6 Å². The summed E-state index contributed by atoms with van der Waals surface area (Å²) >= 11 is 0. The molecule has 2 atom stereocenters. The largest absolute Gasteiger partial charge is 0.359 e. The van der Waals surface area contributed by atoms with Gasteiger partial charge in [-0.15, -0.1) is 0 Å². The molecule has 1 amide bonds. The van der Waals surface area contributed by atoms with Crippen molar-refractivity contribution in [3.8, 4) is 0 Å². The average molecular weight is 239 g/mol. The first-order valence-corrected chi connectivity index (χ1v) is 6.86. The van der Waals surface area contributed by atoms with Crippen molar-refractivity contribution < 1.29 is 4.79 Å². The number of piperidine rings is 1. The van der Waals surface area contributed by atoms with Crippen molar-refractivity contribution in [1.29, 1.82) is 0 Å². The standard InChI is InChI=1S/C13H25N3O/c1-14-13(17)4-3-7-16(2)12-8-10-5-6-11(9-12)15-10/h10-12,15H,3-9H2,1-2H3,(H,14,17). The molecule has 2 rings (SSSR count). The Balaban J connectivity index is 1.69. The highest BCUT2D eigenvalue weighted by atomic mass is 16.1. The third kappa shape index (κ3) is 3.42. The zero-order chi connectivity index (χ0) is 12.3. The normalized spacial score (nSPS) is 31.8. The van der Waals surface area contributed by atoms with Gasteiger partial charge >= 0.3 is 0 Å². The smallest absolute Gasteiger partial charge is 0.219 e. The van der Waals surface area contributed by atoms with Crippen LogP contribution in [0.1, 0.15) is 38.5 Å². The van der Waals surface area contributed by atoms with Crippen molar-refractivity contribution in [3.05, 3.63) is 0 Å². The molecule has 2 N–H and O–H groups in total. The fraction of sp³-hybridized carbons (Fsp3) is 0.923. The van der Waals surface area contributed by atoms with Crippen LogP contribution in [0, 0.1) is 0 Å². The van der Waals surface area contributed by atoms with Gasteiger partial charge in [-0.05, 0) is 45.7 Å². The molecule has 98 valence electrons. The molecule has 2 aliphatic heterocycles. The lowest BCUT2D eigenvalue weighted by Gasteiger charge is -2.35. The second-order valence-corrected chi connectivity index (χ2v) is 5.52. The minimum atomic E-state index is 0.156. The molecule has 0 aromatic heterocycles. The third-order valence-corrected chi connectivity index (χ3v) is 4.27. The lowest BCUT2D eigenvalue weighted by atomic mass is 9.98. The van der Waals surface area contributed by atoms with Gasteiger partial charge in [0.15, 0.2) is 0 Å². The lowest BCUT2D eigenvalue weighted by Crippen LogP contribution is -2.47. The minimum Gasteiger partial charge on any atom is -0.359 e. The summed E-state index contributed by atoms with van der Waals surface area (Å²) in [7, 11) is 3.91. The number of hydrogen-bond acceptors (Lipinski definition) is 3. The first-order chi connectivity index (χ1) is 8.19. The molecule has 17 heavy (non-hydrogen) atoms. The zero-order valence-corrected chi connectivity index (χ0v) is 11.0. The first kappa shape index (κ1) is 12.8. The molecule has 2 heterocycles. The van der Waals surface area contributed by atoms with E-state index in [1.807, 2.05) is 0 Å². The summed E-state index contributed by atoms with van der Waals surface area (Å²) in [5, 5.41) is 6.34. The van der Waals surface area contributed by atoms with E-state index in [0.717, 1.165) is 31.1 Å². The quantitative estimate of drug-likeness (QED) is 0.743. The zero-order valence-electron chi connectivity index (χ0n) is 11.0. The van der Waals surface area contributed by atoms with Gasteiger partial charge in [-0.3, -0.25) is 4.79 Å². The van der Waals surface area contributed by atoms with Gasteiger partial charge in [0.25, 0.3) is 0 Å². The van der Waals surface area contributed by atoms with Gasteiger partial charge in [0.2, 0.25) is 5.91 Å². The maximum absolute atomic E-state index is 11.1. The van der Waals surface area contributed by atoms with Gasteiger partial charge in [-0.1, -0.05) is 0 Å². The number of carbonyl (C=O) groups excluding carboxylic acids is 1. The number of hydrogen-bond donors (Lipinski definition) is 2. The highest BCUT2D eigenvalue weighted by molar-refractivity contribution is 5.75. The summed E-state index contributed by atoms with van der Waals surface area (Å²) in [5.41, 5.74) is 0. The molecule has 2 aliphatic rings.